The van der Waals surface area contributed by atoms with Crippen LogP contribution in [-0.4, -0.2) is 42.2 Å². The fraction of sp³-hybridized carbons (Fsp3) is 0.450. The molecular weight excluding hydrogens is 334 g/mol. The van der Waals surface area contributed by atoms with Crippen molar-refractivity contribution in [2.45, 2.75) is 32.9 Å². The standard InChI is InChI=1S/C20H23NO5/c1-12-7-16-14(8-17(12)22)3-4-21-19(23)9-18(13(2)20(16)21)26-11-15-10-24-5-6-25-15/h7-9,15,22H,3-6,10-11H2,1-2H3/t15-/m1/s1. The molecular formula is C20H23NO5. The average molecular weight is 357 g/mol. The number of nitrogens with zero attached hydrogens (tertiary/aromatic N) is 1. The van der Waals surface area contributed by atoms with E-state index < -0.39 is 0 Å². The molecule has 2 aromatic rings. The summed E-state index contributed by atoms with van der Waals surface area (Å²) in [4.78, 5) is 12.6. The summed E-state index contributed by atoms with van der Waals surface area (Å²) in [6.45, 7) is 6.47. The van der Waals surface area contributed by atoms with Gasteiger partial charge in [-0.2, -0.15) is 0 Å². The Morgan fingerprint density at radius 3 is 2.88 bits per heavy atom. The van der Waals surface area contributed by atoms with Crippen molar-refractivity contribution in [3.05, 3.63) is 45.2 Å². The van der Waals surface area contributed by atoms with Gasteiger partial charge in [0.1, 0.15) is 24.2 Å². The summed E-state index contributed by atoms with van der Waals surface area (Å²) in [6.07, 6.45) is 0.608. The van der Waals surface area contributed by atoms with Gasteiger partial charge in [0.05, 0.1) is 25.5 Å². The second-order valence-corrected chi connectivity index (χ2v) is 6.90. The maximum Gasteiger partial charge on any atom is 0.254 e. The smallest absolute Gasteiger partial charge is 0.254 e. The topological polar surface area (TPSA) is 69.9 Å². The monoisotopic (exact) mass is 357 g/mol. The molecule has 0 bridgehead atoms. The van der Waals surface area contributed by atoms with Crippen molar-refractivity contribution in [2.75, 3.05) is 26.4 Å². The maximum atomic E-state index is 12.6. The highest BCUT2D eigenvalue weighted by molar-refractivity contribution is 5.72. The Labute approximate surface area is 151 Å². The molecule has 0 saturated carbocycles. The maximum absolute atomic E-state index is 12.6. The van der Waals surface area contributed by atoms with Crippen LogP contribution in [0.15, 0.2) is 23.0 Å². The lowest BCUT2D eigenvalue weighted by Crippen LogP contribution is -2.34. The van der Waals surface area contributed by atoms with Crippen LogP contribution in [0.1, 0.15) is 16.7 Å². The van der Waals surface area contributed by atoms with Gasteiger partial charge in [0, 0.05) is 23.7 Å². The molecule has 2 aliphatic rings. The molecule has 0 amide bonds. The molecule has 1 aromatic carbocycles. The molecule has 26 heavy (non-hydrogen) atoms. The Hall–Kier alpha value is -2.31. The van der Waals surface area contributed by atoms with Crippen molar-refractivity contribution in [1.82, 2.24) is 4.57 Å². The van der Waals surface area contributed by atoms with Gasteiger partial charge in [-0.15, -0.1) is 0 Å². The summed E-state index contributed by atoms with van der Waals surface area (Å²) < 4.78 is 18.7. The predicted octanol–water partition coefficient (Wildman–Crippen LogP) is 2.19. The molecule has 4 rings (SSSR count). The Kier molecular flexibility index (Phi) is 4.46. The molecule has 6 heteroatoms. The minimum atomic E-state index is -0.117. The fourth-order valence-electron chi connectivity index (χ4n) is 3.66. The van der Waals surface area contributed by atoms with Gasteiger partial charge < -0.3 is 23.9 Å². The molecule has 0 radical (unpaired) electrons. The normalized spacial score (nSPS) is 18.9. The zero-order chi connectivity index (χ0) is 18.3. The minimum Gasteiger partial charge on any atom is -0.508 e. The lowest BCUT2D eigenvalue weighted by atomic mass is 9.92. The van der Waals surface area contributed by atoms with E-state index in [0.717, 1.165) is 34.4 Å². The third kappa shape index (κ3) is 2.99. The molecule has 1 aromatic heterocycles. The predicted molar refractivity (Wildman–Crippen MR) is 97.0 cm³/mol. The SMILES string of the molecule is Cc1cc2c(cc1O)CCn1c-2c(C)c(OC[C@H]2COCCO2)cc1=O. The summed E-state index contributed by atoms with van der Waals surface area (Å²) in [6, 6.07) is 5.31. The number of aromatic nitrogens is 1. The number of hydrogen-bond donors (Lipinski definition) is 1. The van der Waals surface area contributed by atoms with Gasteiger partial charge in [0.25, 0.3) is 5.56 Å². The summed E-state index contributed by atoms with van der Waals surface area (Å²) in [5.41, 5.74) is 4.56. The summed E-state index contributed by atoms with van der Waals surface area (Å²) >= 11 is 0. The van der Waals surface area contributed by atoms with E-state index in [2.05, 4.69) is 0 Å². The Bertz CT molecular complexity index is 896. The first-order valence-electron chi connectivity index (χ1n) is 8.94. The zero-order valence-corrected chi connectivity index (χ0v) is 15.1. The zero-order valence-electron chi connectivity index (χ0n) is 15.1. The third-order valence-electron chi connectivity index (χ3n) is 5.11. The largest absolute Gasteiger partial charge is 0.508 e. The first kappa shape index (κ1) is 17.1. The molecule has 6 nitrogen and oxygen atoms in total. The van der Waals surface area contributed by atoms with Gasteiger partial charge >= 0.3 is 0 Å². The highest BCUT2D eigenvalue weighted by atomic mass is 16.6. The van der Waals surface area contributed by atoms with Crippen LogP contribution in [0, 0.1) is 13.8 Å². The van der Waals surface area contributed by atoms with E-state index >= 15 is 0 Å². The second kappa shape index (κ2) is 6.78. The van der Waals surface area contributed by atoms with E-state index in [0.29, 0.717) is 44.5 Å². The van der Waals surface area contributed by atoms with Gasteiger partial charge in [-0.3, -0.25) is 4.79 Å². The van der Waals surface area contributed by atoms with Crippen molar-refractivity contribution in [3.63, 3.8) is 0 Å². The van der Waals surface area contributed by atoms with Crippen LogP contribution < -0.4 is 10.3 Å². The number of hydrogen-bond acceptors (Lipinski definition) is 5. The van der Waals surface area contributed by atoms with Gasteiger partial charge in [0.2, 0.25) is 0 Å². The number of phenolic OH excluding ortho intramolecular Hbond substituents is 1. The Morgan fingerprint density at radius 2 is 2.12 bits per heavy atom. The molecule has 138 valence electrons. The first-order valence-corrected chi connectivity index (χ1v) is 8.94. The minimum absolute atomic E-state index is 0.0715. The van der Waals surface area contributed by atoms with E-state index in [4.69, 9.17) is 14.2 Å². The lowest BCUT2D eigenvalue weighted by Gasteiger charge is -2.27. The second-order valence-electron chi connectivity index (χ2n) is 6.90. The van der Waals surface area contributed by atoms with Crippen LogP contribution in [-0.2, 0) is 22.4 Å². The third-order valence-corrected chi connectivity index (χ3v) is 5.11. The van der Waals surface area contributed by atoms with Gasteiger partial charge in [0.15, 0.2) is 0 Å². The Balaban J connectivity index is 1.72. The molecule has 1 atom stereocenters. The van der Waals surface area contributed by atoms with Crippen molar-refractivity contribution >= 4 is 0 Å². The van der Waals surface area contributed by atoms with E-state index in [9.17, 15) is 9.90 Å². The molecule has 1 fully saturated rings. The van der Waals surface area contributed by atoms with Crippen molar-refractivity contribution < 1.29 is 19.3 Å². The van der Waals surface area contributed by atoms with Crippen LogP contribution in [0.3, 0.4) is 0 Å². The molecule has 1 saturated heterocycles. The van der Waals surface area contributed by atoms with Crippen LogP contribution in [0.2, 0.25) is 0 Å². The van der Waals surface area contributed by atoms with E-state index in [1.165, 1.54) is 0 Å². The van der Waals surface area contributed by atoms with E-state index in [1.54, 1.807) is 16.7 Å². The van der Waals surface area contributed by atoms with Gasteiger partial charge in [-0.05, 0) is 43.5 Å². The number of ether oxygens (including phenoxy) is 3. The van der Waals surface area contributed by atoms with E-state index in [-0.39, 0.29) is 11.7 Å². The fourth-order valence-corrected chi connectivity index (χ4v) is 3.66. The highest BCUT2D eigenvalue weighted by Gasteiger charge is 2.23. The summed E-state index contributed by atoms with van der Waals surface area (Å²) in [5, 5.41) is 10.0. The van der Waals surface area contributed by atoms with Crippen LogP contribution in [0.25, 0.3) is 11.3 Å². The Morgan fingerprint density at radius 1 is 1.27 bits per heavy atom. The molecule has 2 aliphatic heterocycles. The molecule has 3 heterocycles. The molecule has 0 unspecified atom stereocenters. The van der Waals surface area contributed by atoms with Crippen molar-refractivity contribution in [2.24, 2.45) is 0 Å². The molecule has 0 aliphatic carbocycles. The number of aromatic hydroxyl groups is 1. The lowest BCUT2D eigenvalue weighted by molar-refractivity contribution is -0.101. The van der Waals surface area contributed by atoms with Gasteiger partial charge in [-0.25, -0.2) is 0 Å². The summed E-state index contributed by atoms with van der Waals surface area (Å²) in [7, 11) is 0. The van der Waals surface area contributed by atoms with E-state index in [1.807, 2.05) is 19.9 Å². The number of pyridine rings is 1. The number of benzene rings is 1. The molecule has 0 spiro atoms. The quantitative estimate of drug-likeness (QED) is 0.912. The van der Waals surface area contributed by atoms with Crippen LogP contribution in [0.5, 0.6) is 11.5 Å². The number of rotatable bonds is 3. The van der Waals surface area contributed by atoms with Crippen molar-refractivity contribution in [3.8, 4) is 22.8 Å². The molecule has 1 N–H and O–H groups in total. The van der Waals surface area contributed by atoms with Gasteiger partial charge in [-0.1, -0.05) is 0 Å². The van der Waals surface area contributed by atoms with Crippen LogP contribution >= 0.6 is 0 Å². The number of aryl methyl sites for hydroxylation is 2. The highest BCUT2D eigenvalue weighted by Crippen LogP contribution is 2.37. The average Bonchev–Trinajstić information content (AvgIpc) is 2.64. The van der Waals surface area contributed by atoms with Crippen LogP contribution in [0.4, 0.5) is 0 Å². The van der Waals surface area contributed by atoms with Crippen molar-refractivity contribution in [1.29, 1.82) is 0 Å². The summed E-state index contributed by atoms with van der Waals surface area (Å²) in [5.74, 6) is 0.869. The number of phenols is 1. The first-order chi connectivity index (χ1) is 12.5. The number of fused-ring (bicyclic) bond motifs is 3.